The van der Waals surface area contributed by atoms with Crippen molar-refractivity contribution in [3.05, 3.63) is 58.7 Å². The number of halogens is 3. The summed E-state index contributed by atoms with van der Waals surface area (Å²) in [5.74, 6) is 0. The van der Waals surface area contributed by atoms with Crippen molar-refractivity contribution in [1.29, 1.82) is 0 Å². The average molecular weight is 360 g/mol. The van der Waals surface area contributed by atoms with E-state index in [9.17, 15) is 13.2 Å². The van der Waals surface area contributed by atoms with Gasteiger partial charge in [0.15, 0.2) is 0 Å². The van der Waals surface area contributed by atoms with E-state index in [2.05, 4.69) is 9.98 Å². The fourth-order valence-electron chi connectivity index (χ4n) is 2.77. The molecule has 2 nitrogen and oxygen atoms in total. The summed E-state index contributed by atoms with van der Waals surface area (Å²) in [6.07, 6.45) is -4.85. The Labute approximate surface area is 152 Å². The number of hydrogen-bond acceptors (Lipinski definition) is 2. The van der Waals surface area contributed by atoms with Crippen LogP contribution in [0.4, 0.5) is 24.5 Å². The van der Waals surface area contributed by atoms with E-state index in [1.807, 2.05) is 38.1 Å². The predicted molar refractivity (Wildman–Crippen MR) is 102 cm³/mol. The van der Waals surface area contributed by atoms with Crippen LogP contribution < -0.4 is 0 Å². The van der Waals surface area contributed by atoms with Crippen molar-refractivity contribution in [2.45, 2.75) is 47.2 Å². The third-order valence-corrected chi connectivity index (χ3v) is 4.18. The number of benzene rings is 2. The molecule has 0 unspecified atom stereocenters. The summed E-state index contributed by atoms with van der Waals surface area (Å²) < 4.78 is 40.6. The van der Waals surface area contributed by atoms with Crippen LogP contribution in [0.5, 0.6) is 0 Å². The van der Waals surface area contributed by atoms with Gasteiger partial charge in [-0.1, -0.05) is 36.4 Å². The van der Waals surface area contributed by atoms with Crippen LogP contribution in [0, 0.1) is 27.7 Å². The Morgan fingerprint density at radius 2 is 1.15 bits per heavy atom. The maximum absolute atomic E-state index is 13.5. The Hall–Kier alpha value is -2.43. The molecule has 0 saturated carbocycles. The van der Waals surface area contributed by atoms with Gasteiger partial charge in [-0.2, -0.15) is 13.2 Å². The molecule has 0 aliphatic rings. The average Bonchev–Trinajstić information content (AvgIpc) is 2.52. The Morgan fingerprint density at radius 1 is 0.769 bits per heavy atom. The SMILES string of the molecule is C/C(C/C(=N\c1c(C)cccc1C)C(F)(F)F)=N\c1c(C)cccc1C. The monoisotopic (exact) mass is 360 g/mol. The van der Waals surface area contributed by atoms with E-state index >= 15 is 0 Å². The summed E-state index contributed by atoms with van der Waals surface area (Å²) in [5.41, 5.74) is 3.95. The first-order valence-corrected chi connectivity index (χ1v) is 8.41. The van der Waals surface area contributed by atoms with Crippen LogP contribution in [0.25, 0.3) is 0 Å². The lowest BCUT2D eigenvalue weighted by Crippen LogP contribution is -2.25. The van der Waals surface area contributed by atoms with E-state index in [0.29, 0.717) is 11.4 Å². The molecule has 2 aromatic carbocycles. The highest BCUT2D eigenvalue weighted by Gasteiger charge is 2.36. The Balaban J connectivity index is 2.44. The predicted octanol–water partition coefficient (Wildman–Crippen LogP) is 6.74. The lowest BCUT2D eigenvalue weighted by molar-refractivity contribution is -0.0597. The van der Waals surface area contributed by atoms with Crippen molar-refractivity contribution in [2.75, 3.05) is 0 Å². The molecule has 0 saturated heterocycles. The maximum atomic E-state index is 13.5. The fraction of sp³-hybridized carbons (Fsp3) is 0.333. The van der Waals surface area contributed by atoms with Gasteiger partial charge >= 0.3 is 6.18 Å². The van der Waals surface area contributed by atoms with Gasteiger partial charge in [-0.05, 0) is 56.9 Å². The third kappa shape index (κ3) is 4.81. The molecule has 0 amide bonds. The van der Waals surface area contributed by atoms with E-state index < -0.39 is 11.9 Å². The fourth-order valence-corrected chi connectivity index (χ4v) is 2.77. The summed E-state index contributed by atoms with van der Waals surface area (Å²) in [7, 11) is 0. The van der Waals surface area contributed by atoms with Gasteiger partial charge in [0.1, 0.15) is 5.71 Å². The summed E-state index contributed by atoms with van der Waals surface area (Å²) >= 11 is 0. The minimum absolute atomic E-state index is 0.342. The van der Waals surface area contributed by atoms with Gasteiger partial charge in [0.25, 0.3) is 0 Å². The zero-order valence-electron chi connectivity index (χ0n) is 15.7. The summed E-state index contributed by atoms with van der Waals surface area (Å²) in [4.78, 5) is 8.40. The lowest BCUT2D eigenvalue weighted by atomic mass is 10.1. The largest absolute Gasteiger partial charge is 0.429 e. The van der Waals surface area contributed by atoms with Gasteiger partial charge < -0.3 is 0 Å². The van der Waals surface area contributed by atoms with Gasteiger partial charge in [0.2, 0.25) is 0 Å². The minimum Gasteiger partial charge on any atom is -0.257 e. The number of aryl methyl sites for hydroxylation is 4. The third-order valence-electron chi connectivity index (χ3n) is 4.18. The standard InChI is InChI=1S/C21H23F3N2/c1-13-8-6-9-14(2)19(13)25-17(5)12-18(21(22,23)24)26-20-15(3)10-7-11-16(20)4/h6-11H,12H2,1-5H3/b25-17+,26-18+. The quantitative estimate of drug-likeness (QED) is 0.540. The van der Waals surface area contributed by atoms with Crippen LogP contribution in [0.3, 0.4) is 0 Å². The Kier molecular flexibility index (Phi) is 6.01. The van der Waals surface area contributed by atoms with E-state index in [-0.39, 0.29) is 6.42 Å². The summed E-state index contributed by atoms with van der Waals surface area (Å²) in [5, 5.41) is 0. The van der Waals surface area contributed by atoms with E-state index in [1.165, 1.54) is 0 Å². The second-order valence-corrected chi connectivity index (χ2v) is 6.56. The maximum Gasteiger partial charge on any atom is 0.429 e. The van der Waals surface area contributed by atoms with Crippen molar-refractivity contribution in [3.8, 4) is 0 Å². The number of aliphatic imine (C=N–C) groups is 2. The first-order valence-electron chi connectivity index (χ1n) is 8.41. The molecule has 0 radical (unpaired) electrons. The van der Waals surface area contributed by atoms with Gasteiger partial charge in [0.05, 0.1) is 11.4 Å². The minimum atomic E-state index is -4.51. The second kappa shape index (κ2) is 7.85. The zero-order chi connectivity index (χ0) is 19.5. The normalized spacial score (nSPS) is 13.2. The molecule has 0 N–H and O–H groups in total. The van der Waals surface area contributed by atoms with Crippen LogP contribution in [0.1, 0.15) is 35.6 Å². The van der Waals surface area contributed by atoms with Crippen molar-refractivity contribution in [3.63, 3.8) is 0 Å². The molecular weight excluding hydrogens is 337 g/mol. The number of nitrogens with zero attached hydrogens (tertiary/aromatic N) is 2. The highest BCUT2D eigenvalue weighted by atomic mass is 19.4. The molecule has 2 aromatic rings. The van der Waals surface area contributed by atoms with Crippen LogP contribution >= 0.6 is 0 Å². The second-order valence-electron chi connectivity index (χ2n) is 6.56. The van der Waals surface area contributed by atoms with Crippen LogP contribution in [-0.2, 0) is 0 Å². The van der Waals surface area contributed by atoms with Crippen molar-refractivity contribution < 1.29 is 13.2 Å². The number of hydrogen-bond donors (Lipinski definition) is 0. The lowest BCUT2D eigenvalue weighted by Gasteiger charge is -2.13. The van der Waals surface area contributed by atoms with Gasteiger partial charge in [-0.15, -0.1) is 0 Å². The molecule has 0 fully saturated rings. The first-order chi connectivity index (χ1) is 12.1. The van der Waals surface area contributed by atoms with E-state index in [0.717, 1.165) is 27.9 Å². The summed E-state index contributed by atoms with van der Waals surface area (Å²) in [6.45, 7) is 8.93. The van der Waals surface area contributed by atoms with Gasteiger partial charge in [-0.25, -0.2) is 4.99 Å². The van der Waals surface area contributed by atoms with Crippen LogP contribution in [-0.4, -0.2) is 17.6 Å². The topological polar surface area (TPSA) is 24.7 Å². The van der Waals surface area contributed by atoms with Gasteiger partial charge in [-0.3, -0.25) is 4.99 Å². The Bertz CT molecular complexity index is 822. The molecule has 0 heterocycles. The number of rotatable bonds is 4. The van der Waals surface area contributed by atoms with Crippen LogP contribution in [0.2, 0.25) is 0 Å². The number of para-hydroxylation sites is 2. The van der Waals surface area contributed by atoms with Crippen LogP contribution in [0.15, 0.2) is 46.4 Å². The molecule has 26 heavy (non-hydrogen) atoms. The molecule has 0 aromatic heterocycles. The molecule has 2 rings (SSSR count). The summed E-state index contributed by atoms with van der Waals surface area (Å²) in [6, 6.07) is 11.0. The highest BCUT2D eigenvalue weighted by molar-refractivity contribution is 6.07. The zero-order valence-corrected chi connectivity index (χ0v) is 15.7. The molecule has 0 bridgehead atoms. The molecule has 0 aliphatic heterocycles. The van der Waals surface area contributed by atoms with Crippen molar-refractivity contribution in [2.24, 2.45) is 9.98 Å². The smallest absolute Gasteiger partial charge is 0.257 e. The molecule has 5 heteroatoms. The number of alkyl halides is 3. The highest BCUT2D eigenvalue weighted by Crippen LogP contribution is 2.29. The van der Waals surface area contributed by atoms with Crippen molar-refractivity contribution in [1.82, 2.24) is 0 Å². The van der Waals surface area contributed by atoms with Gasteiger partial charge in [0, 0.05) is 12.1 Å². The molecular formula is C21H23F3N2. The molecule has 0 spiro atoms. The Morgan fingerprint density at radius 3 is 1.54 bits per heavy atom. The van der Waals surface area contributed by atoms with Crippen molar-refractivity contribution >= 4 is 22.8 Å². The first kappa shape index (κ1) is 19.9. The van der Waals surface area contributed by atoms with E-state index in [4.69, 9.17) is 0 Å². The van der Waals surface area contributed by atoms with E-state index in [1.54, 1.807) is 32.9 Å². The molecule has 138 valence electrons. The molecule has 0 atom stereocenters. The molecule has 0 aliphatic carbocycles.